The van der Waals surface area contributed by atoms with Gasteiger partial charge in [-0.25, -0.2) is 4.68 Å². The molecule has 6 nitrogen and oxygen atoms in total. The number of hydrogen-bond acceptors (Lipinski definition) is 4. The quantitative estimate of drug-likeness (QED) is 0.869. The van der Waals surface area contributed by atoms with Crippen LogP contribution in [0.4, 0.5) is 0 Å². The minimum absolute atomic E-state index is 0.0979. The molecule has 0 aliphatic heterocycles. The Morgan fingerprint density at radius 1 is 0.964 bits per heavy atom. The zero-order valence-corrected chi connectivity index (χ0v) is 16.9. The standard InChI is InChI=1S/C14H15N3O3.C8H16/c1-15-13(18)9-17-14(19)8-7-12(16-17)10-3-5-11(20-2)6-4-10;1-2-4-6-8-7-5-3-1/h3-8H,9H2,1-2H3,(H,15,18);1-8H2. The molecule has 1 aliphatic carbocycles. The molecule has 1 fully saturated rings. The predicted molar refractivity (Wildman–Crippen MR) is 111 cm³/mol. The van der Waals surface area contributed by atoms with E-state index >= 15 is 0 Å². The summed E-state index contributed by atoms with van der Waals surface area (Å²) in [6.07, 6.45) is 12.0. The average Bonchev–Trinajstić information content (AvgIpc) is 2.69. The van der Waals surface area contributed by atoms with E-state index in [1.54, 1.807) is 13.2 Å². The van der Waals surface area contributed by atoms with Crippen LogP contribution < -0.4 is 15.6 Å². The van der Waals surface area contributed by atoms with Crippen molar-refractivity contribution >= 4 is 5.91 Å². The average molecular weight is 386 g/mol. The van der Waals surface area contributed by atoms with Gasteiger partial charge in [-0.2, -0.15) is 5.10 Å². The molecule has 1 aliphatic rings. The first-order valence-electron chi connectivity index (χ1n) is 10.1. The van der Waals surface area contributed by atoms with Crippen LogP contribution in [0.3, 0.4) is 0 Å². The number of carbonyl (C=O) groups is 1. The van der Waals surface area contributed by atoms with Gasteiger partial charge in [0.2, 0.25) is 5.91 Å². The van der Waals surface area contributed by atoms with Gasteiger partial charge in [-0.3, -0.25) is 9.59 Å². The van der Waals surface area contributed by atoms with Crippen molar-refractivity contribution in [2.45, 2.75) is 57.9 Å². The van der Waals surface area contributed by atoms with Crippen LogP contribution in [0.1, 0.15) is 51.4 Å². The molecule has 0 bridgehead atoms. The van der Waals surface area contributed by atoms with E-state index in [0.717, 1.165) is 16.0 Å². The maximum absolute atomic E-state index is 11.7. The van der Waals surface area contributed by atoms with E-state index < -0.39 is 0 Å². The van der Waals surface area contributed by atoms with Crippen LogP contribution in [0.5, 0.6) is 5.75 Å². The van der Waals surface area contributed by atoms with Gasteiger partial charge in [0, 0.05) is 18.7 Å². The van der Waals surface area contributed by atoms with Crippen molar-refractivity contribution in [3.63, 3.8) is 0 Å². The second kappa shape index (κ2) is 12.0. The number of methoxy groups -OCH3 is 1. The summed E-state index contributed by atoms with van der Waals surface area (Å²) in [5.41, 5.74) is 1.15. The van der Waals surface area contributed by atoms with Crippen molar-refractivity contribution in [2.75, 3.05) is 14.2 Å². The molecular weight excluding hydrogens is 354 g/mol. The summed E-state index contributed by atoms with van der Waals surface area (Å²) >= 11 is 0. The molecule has 1 aromatic heterocycles. The molecule has 2 aromatic rings. The van der Waals surface area contributed by atoms with Gasteiger partial charge in [0.1, 0.15) is 12.3 Å². The highest BCUT2D eigenvalue weighted by atomic mass is 16.5. The Labute approximate surface area is 166 Å². The number of likely N-dealkylation sites (N-methyl/N-ethyl adjacent to an activating group) is 1. The summed E-state index contributed by atoms with van der Waals surface area (Å²) in [6.45, 7) is -0.0979. The van der Waals surface area contributed by atoms with Crippen LogP contribution in [0, 0.1) is 0 Å². The van der Waals surface area contributed by atoms with E-state index in [1.807, 2.05) is 24.3 Å². The fraction of sp³-hybridized carbons (Fsp3) is 0.500. The Hall–Kier alpha value is -2.63. The Morgan fingerprint density at radius 3 is 1.96 bits per heavy atom. The van der Waals surface area contributed by atoms with Gasteiger partial charge < -0.3 is 10.1 Å². The third-order valence-corrected chi connectivity index (χ3v) is 4.82. The van der Waals surface area contributed by atoms with E-state index in [4.69, 9.17) is 4.74 Å². The van der Waals surface area contributed by atoms with Crippen molar-refractivity contribution in [1.29, 1.82) is 0 Å². The van der Waals surface area contributed by atoms with Gasteiger partial charge in [0.05, 0.1) is 12.8 Å². The predicted octanol–water partition coefficient (Wildman–Crippen LogP) is 3.79. The molecule has 1 saturated carbocycles. The van der Waals surface area contributed by atoms with Crippen LogP contribution >= 0.6 is 0 Å². The molecule has 1 aromatic carbocycles. The number of aromatic nitrogens is 2. The van der Waals surface area contributed by atoms with Gasteiger partial charge in [-0.1, -0.05) is 51.4 Å². The second-order valence-corrected chi connectivity index (χ2v) is 6.94. The second-order valence-electron chi connectivity index (χ2n) is 6.94. The smallest absolute Gasteiger partial charge is 0.267 e. The zero-order chi connectivity index (χ0) is 20.2. The van der Waals surface area contributed by atoms with Crippen molar-refractivity contribution in [3.05, 3.63) is 46.8 Å². The van der Waals surface area contributed by atoms with E-state index in [2.05, 4.69) is 10.4 Å². The molecule has 0 unspecified atom stereocenters. The normalized spacial score (nSPS) is 14.1. The summed E-state index contributed by atoms with van der Waals surface area (Å²) in [4.78, 5) is 23.0. The summed E-state index contributed by atoms with van der Waals surface area (Å²) < 4.78 is 6.22. The lowest BCUT2D eigenvalue weighted by Crippen LogP contribution is -2.31. The summed E-state index contributed by atoms with van der Waals surface area (Å²) in [6, 6.07) is 10.3. The van der Waals surface area contributed by atoms with Crippen molar-refractivity contribution in [3.8, 4) is 17.0 Å². The first-order chi connectivity index (χ1) is 13.6. The summed E-state index contributed by atoms with van der Waals surface area (Å²) in [7, 11) is 3.11. The number of carbonyl (C=O) groups excluding carboxylic acids is 1. The minimum Gasteiger partial charge on any atom is -0.497 e. The first kappa shape index (κ1) is 21.7. The molecule has 0 spiro atoms. The number of ether oxygens (including phenoxy) is 1. The van der Waals surface area contributed by atoms with Crippen molar-refractivity contribution < 1.29 is 9.53 Å². The molecule has 0 atom stereocenters. The fourth-order valence-corrected chi connectivity index (χ4v) is 3.11. The Kier molecular flexibility index (Phi) is 9.25. The highest BCUT2D eigenvalue weighted by molar-refractivity contribution is 5.75. The number of rotatable bonds is 4. The molecule has 1 N–H and O–H groups in total. The van der Waals surface area contributed by atoms with Crippen LogP contribution in [0.15, 0.2) is 41.2 Å². The largest absolute Gasteiger partial charge is 0.497 e. The number of amides is 1. The number of benzene rings is 1. The van der Waals surface area contributed by atoms with Crippen LogP contribution in [0.2, 0.25) is 0 Å². The molecule has 1 heterocycles. The number of nitrogens with one attached hydrogen (secondary N) is 1. The van der Waals surface area contributed by atoms with E-state index in [1.165, 1.54) is 64.5 Å². The van der Waals surface area contributed by atoms with E-state index in [9.17, 15) is 9.59 Å². The molecule has 0 radical (unpaired) electrons. The topological polar surface area (TPSA) is 73.2 Å². The van der Waals surface area contributed by atoms with Crippen LogP contribution in [0.25, 0.3) is 11.3 Å². The van der Waals surface area contributed by atoms with Gasteiger partial charge in [-0.15, -0.1) is 0 Å². The highest BCUT2D eigenvalue weighted by Gasteiger charge is 2.06. The number of hydrogen-bond donors (Lipinski definition) is 1. The summed E-state index contributed by atoms with van der Waals surface area (Å²) in [5, 5.41) is 6.65. The molecule has 6 heteroatoms. The van der Waals surface area contributed by atoms with Crippen LogP contribution in [-0.4, -0.2) is 29.8 Å². The lowest BCUT2D eigenvalue weighted by Gasteiger charge is -2.07. The first-order valence-corrected chi connectivity index (χ1v) is 10.1. The van der Waals surface area contributed by atoms with Crippen molar-refractivity contribution in [2.24, 2.45) is 0 Å². The Bertz CT molecular complexity index is 760. The van der Waals surface area contributed by atoms with Gasteiger partial charge in [-0.05, 0) is 30.3 Å². The number of nitrogens with zero attached hydrogens (tertiary/aromatic N) is 2. The van der Waals surface area contributed by atoms with Gasteiger partial charge in [0.25, 0.3) is 5.56 Å². The maximum atomic E-state index is 11.7. The molecule has 28 heavy (non-hydrogen) atoms. The molecule has 0 saturated heterocycles. The van der Waals surface area contributed by atoms with Crippen LogP contribution in [-0.2, 0) is 11.3 Å². The SMILES string of the molecule is C1CCCCCCC1.CNC(=O)Cn1nc(-c2ccc(OC)cc2)ccc1=O. The highest BCUT2D eigenvalue weighted by Crippen LogP contribution is 2.19. The van der Waals surface area contributed by atoms with Gasteiger partial charge >= 0.3 is 0 Å². The van der Waals surface area contributed by atoms with Crippen molar-refractivity contribution in [1.82, 2.24) is 15.1 Å². The lowest BCUT2D eigenvalue weighted by atomic mass is 10.0. The molecule has 3 rings (SSSR count). The zero-order valence-electron chi connectivity index (χ0n) is 16.9. The third-order valence-electron chi connectivity index (χ3n) is 4.82. The Morgan fingerprint density at radius 2 is 1.50 bits per heavy atom. The fourth-order valence-electron chi connectivity index (χ4n) is 3.11. The minimum atomic E-state index is -0.314. The third kappa shape index (κ3) is 7.18. The lowest BCUT2D eigenvalue weighted by molar-refractivity contribution is -0.121. The molecule has 152 valence electrons. The summed E-state index contributed by atoms with van der Waals surface area (Å²) in [5.74, 6) is 0.471. The maximum Gasteiger partial charge on any atom is 0.267 e. The van der Waals surface area contributed by atoms with E-state index in [-0.39, 0.29) is 18.0 Å². The molecule has 1 amide bonds. The van der Waals surface area contributed by atoms with Gasteiger partial charge in [0.15, 0.2) is 0 Å². The molecular formula is C22H31N3O3. The monoisotopic (exact) mass is 385 g/mol. The Balaban J connectivity index is 0.000000292. The van der Waals surface area contributed by atoms with E-state index in [0.29, 0.717) is 5.69 Å².